The van der Waals surface area contributed by atoms with E-state index in [2.05, 4.69) is 4.99 Å². The van der Waals surface area contributed by atoms with Crippen LogP contribution in [0.2, 0.25) is 0 Å². The summed E-state index contributed by atoms with van der Waals surface area (Å²) in [4.78, 5) is 16.0. The van der Waals surface area contributed by atoms with Crippen LogP contribution in [0.3, 0.4) is 0 Å². The van der Waals surface area contributed by atoms with Crippen LogP contribution < -0.4 is 5.73 Å². The van der Waals surface area contributed by atoms with Gasteiger partial charge in [0.2, 0.25) is 0 Å². The molecule has 4 nitrogen and oxygen atoms in total. The number of hydrogen-bond acceptors (Lipinski definition) is 2. The van der Waals surface area contributed by atoms with Crippen LogP contribution in [0.4, 0.5) is 4.79 Å². The summed E-state index contributed by atoms with van der Waals surface area (Å²) in [5, 5.41) is 0. The highest BCUT2D eigenvalue weighted by molar-refractivity contribution is 6.05. The lowest BCUT2D eigenvalue weighted by molar-refractivity contribution is 0.203. The van der Waals surface area contributed by atoms with E-state index in [0.29, 0.717) is 5.84 Å². The number of carbonyl (C=O) groups is 1. The van der Waals surface area contributed by atoms with Gasteiger partial charge in [-0.05, 0) is 13.8 Å². The van der Waals surface area contributed by atoms with Gasteiger partial charge in [0.25, 0.3) is 0 Å². The second-order valence-electron chi connectivity index (χ2n) is 2.90. The van der Waals surface area contributed by atoms with E-state index in [1.165, 1.54) is 4.90 Å². The number of likely N-dealkylation sites (N-methyl/N-ethyl adjacent to an activating group) is 1. The number of amides is 2. The largest absolute Gasteiger partial charge is 0.385 e. The highest BCUT2D eigenvalue weighted by Crippen LogP contribution is 2.19. The molecule has 0 unspecified atom stereocenters. The first-order valence-electron chi connectivity index (χ1n) is 3.08. The number of urea groups is 1. The minimum Gasteiger partial charge on any atom is -0.385 e. The molecular formula is C6H11N3O. The Kier molecular flexibility index (Phi) is 1.21. The molecule has 2 N–H and O–H groups in total. The maximum Gasteiger partial charge on any atom is 0.345 e. The van der Waals surface area contributed by atoms with E-state index in [1.54, 1.807) is 7.05 Å². The van der Waals surface area contributed by atoms with Gasteiger partial charge < -0.3 is 10.6 Å². The maximum absolute atomic E-state index is 10.9. The quantitative estimate of drug-likeness (QED) is 0.523. The van der Waals surface area contributed by atoms with Crippen LogP contribution in [0.5, 0.6) is 0 Å². The van der Waals surface area contributed by atoms with Crippen molar-refractivity contribution < 1.29 is 4.79 Å². The van der Waals surface area contributed by atoms with Gasteiger partial charge in [-0.2, -0.15) is 4.99 Å². The normalized spacial score (nSPS) is 23.3. The first-order valence-corrected chi connectivity index (χ1v) is 3.08. The molecule has 0 atom stereocenters. The molecule has 4 heteroatoms. The highest BCUT2D eigenvalue weighted by atomic mass is 16.2. The highest BCUT2D eigenvalue weighted by Gasteiger charge is 2.37. The van der Waals surface area contributed by atoms with E-state index in [1.807, 2.05) is 13.8 Å². The molecule has 2 amide bonds. The van der Waals surface area contributed by atoms with Crippen LogP contribution in [-0.4, -0.2) is 29.4 Å². The fourth-order valence-electron chi connectivity index (χ4n) is 0.726. The number of nitrogens with two attached hydrogens (primary N) is 1. The number of nitrogens with zero attached hydrogens (tertiary/aromatic N) is 2. The minimum atomic E-state index is -0.406. The average molecular weight is 141 g/mol. The van der Waals surface area contributed by atoms with Crippen molar-refractivity contribution in [1.82, 2.24) is 4.90 Å². The van der Waals surface area contributed by atoms with Crippen LogP contribution in [-0.2, 0) is 0 Å². The number of hydrogen-bond donors (Lipinski definition) is 1. The van der Waals surface area contributed by atoms with Crippen LogP contribution >= 0.6 is 0 Å². The zero-order valence-corrected chi connectivity index (χ0v) is 6.38. The molecule has 0 aromatic carbocycles. The zero-order valence-electron chi connectivity index (χ0n) is 6.38. The van der Waals surface area contributed by atoms with Gasteiger partial charge in [0.05, 0.1) is 5.54 Å². The molecule has 0 saturated carbocycles. The third-order valence-electron chi connectivity index (χ3n) is 1.97. The molecule has 0 aromatic heterocycles. The maximum atomic E-state index is 10.9. The van der Waals surface area contributed by atoms with Gasteiger partial charge in [-0.3, -0.25) is 0 Å². The van der Waals surface area contributed by atoms with Gasteiger partial charge in [-0.25, -0.2) is 4.79 Å². The van der Waals surface area contributed by atoms with E-state index in [0.717, 1.165) is 0 Å². The molecule has 1 aliphatic rings. The molecule has 0 bridgehead atoms. The second-order valence-corrected chi connectivity index (χ2v) is 2.90. The Labute approximate surface area is 59.7 Å². The first-order chi connectivity index (χ1) is 4.46. The van der Waals surface area contributed by atoms with E-state index >= 15 is 0 Å². The molecule has 56 valence electrons. The Morgan fingerprint density at radius 3 is 2.20 bits per heavy atom. The lowest BCUT2D eigenvalue weighted by Crippen LogP contribution is -2.47. The summed E-state index contributed by atoms with van der Waals surface area (Å²) in [5.41, 5.74) is 5.08. The van der Waals surface area contributed by atoms with Crippen molar-refractivity contribution in [2.45, 2.75) is 19.4 Å². The summed E-state index contributed by atoms with van der Waals surface area (Å²) in [5.74, 6) is 0.389. The molecule has 0 spiro atoms. The van der Waals surface area contributed by atoms with Crippen molar-refractivity contribution in [3.05, 3.63) is 0 Å². The van der Waals surface area contributed by atoms with Gasteiger partial charge in [0, 0.05) is 7.05 Å². The fourth-order valence-corrected chi connectivity index (χ4v) is 0.726. The lowest BCUT2D eigenvalue weighted by Gasteiger charge is -2.26. The van der Waals surface area contributed by atoms with Gasteiger partial charge in [0.1, 0.15) is 5.84 Å². The van der Waals surface area contributed by atoms with Gasteiger partial charge in [0.15, 0.2) is 0 Å². The Morgan fingerprint density at radius 2 is 2.10 bits per heavy atom. The third kappa shape index (κ3) is 0.683. The fraction of sp³-hybridized carbons (Fsp3) is 0.667. The number of rotatable bonds is 0. The predicted molar refractivity (Wildman–Crippen MR) is 38.9 cm³/mol. The molecule has 0 aliphatic carbocycles. The Morgan fingerprint density at radius 1 is 1.60 bits per heavy atom. The van der Waals surface area contributed by atoms with Gasteiger partial charge in [-0.15, -0.1) is 0 Å². The molecule has 0 radical (unpaired) electrons. The monoisotopic (exact) mass is 141 g/mol. The third-order valence-corrected chi connectivity index (χ3v) is 1.97. The zero-order chi connectivity index (χ0) is 7.94. The van der Waals surface area contributed by atoms with Gasteiger partial charge >= 0.3 is 6.03 Å². The summed E-state index contributed by atoms with van der Waals surface area (Å²) in [6.07, 6.45) is 0. The van der Waals surface area contributed by atoms with Crippen LogP contribution in [0, 0.1) is 0 Å². The Balaban J connectivity index is 3.00. The van der Waals surface area contributed by atoms with E-state index in [9.17, 15) is 4.79 Å². The SMILES string of the molecule is CN1C(=O)N=C(N)C1(C)C. The van der Waals surface area contributed by atoms with Crippen molar-refractivity contribution in [1.29, 1.82) is 0 Å². The smallest absolute Gasteiger partial charge is 0.345 e. The number of carbonyl (C=O) groups excluding carboxylic acids is 1. The molecule has 0 fully saturated rings. The standard InChI is InChI=1S/C6H11N3O/c1-6(2)4(7)8-5(10)9(6)3/h1-3H3,(H2,7,8,10). The van der Waals surface area contributed by atoms with Crippen LogP contribution in [0.15, 0.2) is 4.99 Å². The molecule has 1 heterocycles. The molecule has 1 aliphatic heterocycles. The predicted octanol–water partition coefficient (Wildman–Crippen LogP) is 0.188. The molecule has 0 aromatic rings. The van der Waals surface area contributed by atoms with Crippen molar-refractivity contribution in [3.63, 3.8) is 0 Å². The second kappa shape index (κ2) is 1.71. The molecule has 10 heavy (non-hydrogen) atoms. The van der Waals surface area contributed by atoms with Gasteiger partial charge in [-0.1, -0.05) is 0 Å². The lowest BCUT2D eigenvalue weighted by atomic mass is 10.0. The van der Waals surface area contributed by atoms with E-state index in [-0.39, 0.29) is 6.03 Å². The summed E-state index contributed by atoms with van der Waals surface area (Å²) in [6.45, 7) is 3.72. The number of aliphatic imine (C=N–C) groups is 1. The molecular weight excluding hydrogens is 130 g/mol. The van der Waals surface area contributed by atoms with Crippen LogP contribution in [0.1, 0.15) is 13.8 Å². The Hall–Kier alpha value is -1.06. The summed E-state index contributed by atoms with van der Waals surface area (Å²) >= 11 is 0. The molecule has 0 saturated heterocycles. The molecule has 1 rings (SSSR count). The Bertz CT molecular complexity index is 207. The summed E-state index contributed by atoms with van der Waals surface area (Å²) in [6, 6.07) is -0.262. The van der Waals surface area contributed by atoms with Crippen molar-refractivity contribution in [2.24, 2.45) is 10.7 Å². The van der Waals surface area contributed by atoms with Crippen molar-refractivity contribution in [2.75, 3.05) is 7.05 Å². The van der Waals surface area contributed by atoms with Crippen molar-refractivity contribution >= 4 is 11.9 Å². The summed E-state index contributed by atoms with van der Waals surface area (Å²) < 4.78 is 0. The minimum absolute atomic E-state index is 0.262. The number of amidine groups is 1. The topological polar surface area (TPSA) is 58.7 Å². The van der Waals surface area contributed by atoms with E-state index in [4.69, 9.17) is 5.73 Å². The average Bonchev–Trinajstić information content (AvgIpc) is 1.97. The van der Waals surface area contributed by atoms with Crippen LogP contribution in [0.25, 0.3) is 0 Å². The first kappa shape index (κ1) is 7.05. The van der Waals surface area contributed by atoms with E-state index < -0.39 is 5.54 Å². The summed E-state index contributed by atoms with van der Waals surface area (Å²) in [7, 11) is 1.69. The van der Waals surface area contributed by atoms with Crippen molar-refractivity contribution in [3.8, 4) is 0 Å².